The highest BCUT2D eigenvalue weighted by Crippen LogP contribution is 2.25. The van der Waals surface area contributed by atoms with Crippen molar-refractivity contribution in [2.75, 3.05) is 0 Å². The SMILES string of the molecule is N#Cc1ccc(OCc2ccc(Cl)c(Cl)c2)c(I)c1. The fourth-order valence-corrected chi connectivity index (χ4v) is 2.47. The first-order valence-corrected chi connectivity index (χ1v) is 7.20. The molecule has 0 amide bonds. The molecule has 2 nitrogen and oxygen atoms in total. The number of halogens is 3. The number of ether oxygens (including phenoxy) is 1. The zero-order valence-corrected chi connectivity index (χ0v) is 13.3. The van der Waals surface area contributed by atoms with Gasteiger partial charge in [-0.15, -0.1) is 0 Å². The van der Waals surface area contributed by atoms with Crippen molar-refractivity contribution in [3.63, 3.8) is 0 Å². The van der Waals surface area contributed by atoms with Crippen LogP contribution in [0.25, 0.3) is 0 Å². The smallest absolute Gasteiger partial charge is 0.133 e. The lowest BCUT2D eigenvalue weighted by atomic mass is 10.2. The second-order valence-corrected chi connectivity index (χ2v) is 5.77. The van der Waals surface area contributed by atoms with E-state index in [4.69, 9.17) is 33.2 Å². The van der Waals surface area contributed by atoms with Crippen molar-refractivity contribution in [1.82, 2.24) is 0 Å². The average Bonchev–Trinajstić information content (AvgIpc) is 2.41. The molecule has 0 saturated carbocycles. The van der Waals surface area contributed by atoms with Gasteiger partial charge in [-0.1, -0.05) is 29.3 Å². The van der Waals surface area contributed by atoms with Crippen molar-refractivity contribution in [2.45, 2.75) is 6.61 Å². The van der Waals surface area contributed by atoms with Crippen LogP contribution in [0.5, 0.6) is 5.75 Å². The van der Waals surface area contributed by atoms with Gasteiger partial charge in [0.05, 0.1) is 25.2 Å². The molecule has 0 aliphatic carbocycles. The Bertz CT molecular complexity index is 652. The van der Waals surface area contributed by atoms with Crippen molar-refractivity contribution in [3.05, 3.63) is 61.1 Å². The first-order valence-electron chi connectivity index (χ1n) is 5.36. The predicted octanol–water partition coefficient (Wildman–Crippen LogP) is 5.05. The number of hydrogen-bond donors (Lipinski definition) is 0. The van der Waals surface area contributed by atoms with E-state index in [1.807, 2.05) is 6.07 Å². The van der Waals surface area contributed by atoms with Gasteiger partial charge in [0.2, 0.25) is 0 Å². The minimum absolute atomic E-state index is 0.402. The molecule has 0 fully saturated rings. The Morgan fingerprint density at radius 1 is 1.11 bits per heavy atom. The molecule has 5 heteroatoms. The molecular weight excluding hydrogens is 396 g/mol. The Morgan fingerprint density at radius 2 is 1.89 bits per heavy atom. The molecule has 0 N–H and O–H groups in total. The second kappa shape index (κ2) is 6.47. The molecule has 0 aromatic heterocycles. The molecule has 2 rings (SSSR count). The summed E-state index contributed by atoms with van der Waals surface area (Å²) in [6.07, 6.45) is 0. The fraction of sp³-hybridized carbons (Fsp3) is 0.0714. The van der Waals surface area contributed by atoms with Crippen molar-refractivity contribution < 1.29 is 4.74 Å². The highest BCUT2D eigenvalue weighted by Gasteiger charge is 2.04. The summed E-state index contributed by atoms with van der Waals surface area (Å²) in [7, 11) is 0. The summed E-state index contributed by atoms with van der Waals surface area (Å²) < 4.78 is 6.60. The Balaban J connectivity index is 2.10. The lowest BCUT2D eigenvalue weighted by Crippen LogP contribution is -1.97. The van der Waals surface area contributed by atoms with Crippen molar-refractivity contribution in [3.8, 4) is 11.8 Å². The molecule has 0 aliphatic rings. The minimum atomic E-state index is 0.402. The van der Waals surface area contributed by atoms with Gasteiger partial charge < -0.3 is 4.74 Å². The molecule has 0 atom stereocenters. The summed E-state index contributed by atoms with van der Waals surface area (Å²) >= 11 is 13.9. The summed E-state index contributed by atoms with van der Waals surface area (Å²) in [5.74, 6) is 0.741. The van der Waals surface area contributed by atoms with E-state index in [1.54, 1.807) is 30.3 Å². The molecule has 19 heavy (non-hydrogen) atoms. The zero-order chi connectivity index (χ0) is 13.8. The van der Waals surface area contributed by atoms with Crippen molar-refractivity contribution in [2.24, 2.45) is 0 Å². The summed E-state index contributed by atoms with van der Waals surface area (Å²) in [6, 6.07) is 12.8. The number of nitrogens with zero attached hydrogens (tertiary/aromatic N) is 1. The molecule has 2 aromatic rings. The first-order chi connectivity index (χ1) is 9.10. The molecular formula is C14H8Cl2INO. The van der Waals surface area contributed by atoms with Gasteiger partial charge in [0.15, 0.2) is 0 Å². The molecule has 0 bridgehead atoms. The van der Waals surface area contributed by atoms with Crippen LogP contribution >= 0.6 is 45.8 Å². The Kier molecular flexibility index (Phi) is 4.92. The standard InChI is InChI=1S/C14H8Cl2INO/c15-11-3-1-10(5-12(11)16)8-19-14-4-2-9(7-18)6-13(14)17/h1-6H,8H2. The van der Waals surface area contributed by atoms with E-state index in [1.165, 1.54) is 0 Å². The van der Waals surface area contributed by atoms with E-state index in [0.29, 0.717) is 22.2 Å². The predicted molar refractivity (Wildman–Crippen MR) is 84.7 cm³/mol. The van der Waals surface area contributed by atoms with Gasteiger partial charge in [-0.05, 0) is 58.5 Å². The lowest BCUT2D eigenvalue weighted by molar-refractivity contribution is 0.304. The normalized spacial score (nSPS) is 10.0. The monoisotopic (exact) mass is 403 g/mol. The summed E-state index contributed by atoms with van der Waals surface area (Å²) in [5.41, 5.74) is 1.56. The van der Waals surface area contributed by atoms with Crippen LogP contribution in [0.3, 0.4) is 0 Å². The van der Waals surface area contributed by atoms with Gasteiger partial charge in [-0.25, -0.2) is 0 Å². The van der Waals surface area contributed by atoms with Crippen molar-refractivity contribution >= 4 is 45.8 Å². The topological polar surface area (TPSA) is 33.0 Å². The summed E-state index contributed by atoms with van der Waals surface area (Å²) in [4.78, 5) is 0. The van der Waals surface area contributed by atoms with Crippen LogP contribution in [0, 0.1) is 14.9 Å². The quantitative estimate of drug-likeness (QED) is 0.672. The van der Waals surface area contributed by atoms with Gasteiger partial charge in [0.25, 0.3) is 0 Å². The van der Waals surface area contributed by atoms with Crippen molar-refractivity contribution in [1.29, 1.82) is 5.26 Å². The minimum Gasteiger partial charge on any atom is -0.488 e. The number of benzene rings is 2. The lowest BCUT2D eigenvalue weighted by Gasteiger charge is -2.09. The average molecular weight is 404 g/mol. The van der Waals surface area contributed by atoms with E-state index >= 15 is 0 Å². The largest absolute Gasteiger partial charge is 0.488 e. The van der Waals surface area contributed by atoms with Crippen LogP contribution in [0.1, 0.15) is 11.1 Å². The van der Waals surface area contributed by atoms with Crippen LogP contribution in [0.15, 0.2) is 36.4 Å². The Hall–Kier alpha value is -0.960. The summed E-state index contributed by atoms with van der Waals surface area (Å²) in [6.45, 7) is 0.402. The third kappa shape index (κ3) is 3.75. The first kappa shape index (κ1) is 14.4. The molecule has 96 valence electrons. The van der Waals surface area contributed by atoms with E-state index in [2.05, 4.69) is 28.7 Å². The van der Waals surface area contributed by atoms with E-state index in [9.17, 15) is 0 Å². The van der Waals surface area contributed by atoms with Crippen LogP contribution in [0.4, 0.5) is 0 Å². The van der Waals surface area contributed by atoms with E-state index in [-0.39, 0.29) is 0 Å². The molecule has 2 aromatic carbocycles. The maximum atomic E-state index is 8.80. The van der Waals surface area contributed by atoms with Gasteiger partial charge in [-0.3, -0.25) is 0 Å². The maximum absolute atomic E-state index is 8.80. The molecule has 0 radical (unpaired) electrons. The molecule has 0 spiro atoms. The number of nitriles is 1. The summed E-state index contributed by atoms with van der Waals surface area (Å²) in [5, 5.41) is 9.83. The number of rotatable bonds is 3. The van der Waals surface area contributed by atoms with Gasteiger partial charge in [-0.2, -0.15) is 5.26 Å². The van der Waals surface area contributed by atoms with E-state index in [0.717, 1.165) is 14.9 Å². The highest BCUT2D eigenvalue weighted by molar-refractivity contribution is 14.1. The van der Waals surface area contributed by atoms with Gasteiger partial charge in [0, 0.05) is 0 Å². The zero-order valence-electron chi connectivity index (χ0n) is 9.66. The van der Waals surface area contributed by atoms with Crippen LogP contribution < -0.4 is 4.74 Å². The molecule has 0 saturated heterocycles. The van der Waals surface area contributed by atoms with Gasteiger partial charge in [0.1, 0.15) is 12.4 Å². The third-order valence-corrected chi connectivity index (χ3v) is 4.02. The maximum Gasteiger partial charge on any atom is 0.133 e. The molecule has 0 aliphatic heterocycles. The van der Waals surface area contributed by atoms with Crippen LogP contribution in [-0.4, -0.2) is 0 Å². The van der Waals surface area contributed by atoms with Crippen LogP contribution in [0.2, 0.25) is 10.0 Å². The highest BCUT2D eigenvalue weighted by atomic mass is 127. The van der Waals surface area contributed by atoms with Crippen LogP contribution in [-0.2, 0) is 6.61 Å². The second-order valence-electron chi connectivity index (χ2n) is 3.79. The molecule has 0 heterocycles. The molecule has 0 unspecified atom stereocenters. The Labute approximate surface area is 135 Å². The fourth-order valence-electron chi connectivity index (χ4n) is 1.48. The Morgan fingerprint density at radius 3 is 2.53 bits per heavy atom. The number of hydrogen-bond acceptors (Lipinski definition) is 2. The third-order valence-electron chi connectivity index (χ3n) is 2.44. The van der Waals surface area contributed by atoms with E-state index < -0.39 is 0 Å². The van der Waals surface area contributed by atoms with Gasteiger partial charge >= 0.3 is 0 Å².